The number of fused-ring (bicyclic) bond motifs is 1. The van der Waals surface area contributed by atoms with Gasteiger partial charge in [0.2, 0.25) is 0 Å². The van der Waals surface area contributed by atoms with Gasteiger partial charge in [0.25, 0.3) is 5.91 Å². The number of carbonyl (C=O) groups excluding carboxylic acids is 2. The number of esters is 1. The van der Waals surface area contributed by atoms with Gasteiger partial charge in [-0.05, 0) is 57.9 Å². The van der Waals surface area contributed by atoms with E-state index in [4.69, 9.17) is 9.47 Å². The second-order valence-corrected chi connectivity index (χ2v) is 12.1. The first kappa shape index (κ1) is 39.4. The summed E-state index contributed by atoms with van der Waals surface area (Å²) in [6, 6.07) is 19.8. The Morgan fingerprint density at radius 1 is 1.04 bits per heavy atom. The van der Waals surface area contributed by atoms with E-state index in [1.54, 1.807) is 11.1 Å². The topological polar surface area (TPSA) is 84.9 Å². The number of carbonyl (C=O) groups is 2. The van der Waals surface area contributed by atoms with E-state index in [2.05, 4.69) is 23.8 Å². The number of thioether (sulfide) groups is 1. The van der Waals surface area contributed by atoms with Gasteiger partial charge in [0, 0.05) is 45.0 Å². The Bertz CT molecular complexity index is 1240. The zero-order valence-corrected chi connectivity index (χ0v) is 29.8. The van der Waals surface area contributed by atoms with Crippen LogP contribution < -0.4 is 14.5 Å². The highest BCUT2D eigenvalue weighted by Gasteiger charge is 2.28. The van der Waals surface area contributed by atoms with Gasteiger partial charge in [0.05, 0.1) is 6.61 Å². The Labute approximate surface area is 275 Å². The van der Waals surface area contributed by atoms with Crippen LogP contribution in [0, 0.1) is 5.92 Å². The van der Waals surface area contributed by atoms with Crippen LogP contribution in [0.15, 0.2) is 72.0 Å². The Balaban J connectivity index is 0.000000518. The van der Waals surface area contributed by atoms with Crippen LogP contribution >= 0.6 is 11.8 Å². The molecule has 2 aromatic carbocycles. The van der Waals surface area contributed by atoms with Crippen molar-refractivity contribution in [1.82, 2.24) is 9.97 Å². The van der Waals surface area contributed by atoms with Gasteiger partial charge >= 0.3 is 5.97 Å². The third kappa shape index (κ3) is 15.3. The maximum absolute atomic E-state index is 13.2. The number of aromatic nitrogens is 2. The normalized spacial score (nSPS) is 12.9. The van der Waals surface area contributed by atoms with Crippen LogP contribution in [0.2, 0.25) is 0 Å². The van der Waals surface area contributed by atoms with Gasteiger partial charge in [-0.1, -0.05) is 88.3 Å². The summed E-state index contributed by atoms with van der Waals surface area (Å²) in [7, 11) is 1.96. The molecular weight excluding hydrogens is 584 g/mol. The number of nitrogens with zero attached hydrogens (tertiary/aromatic N) is 4. The summed E-state index contributed by atoms with van der Waals surface area (Å²) >= 11 is 1.47. The number of rotatable bonds is 8. The minimum atomic E-state index is -0.328. The van der Waals surface area contributed by atoms with Crippen molar-refractivity contribution in [2.75, 3.05) is 42.8 Å². The largest absolute Gasteiger partial charge is 0.494 e. The number of likely N-dealkylation sites (N-methyl/N-ethyl adjacent to an activating group) is 1. The number of hydrogen-bond acceptors (Lipinski definition) is 8. The van der Waals surface area contributed by atoms with Crippen molar-refractivity contribution < 1.29 is 19.1 Å². The number of amides is 1. The molecule has 8 nitrogen and oxygen atoms in total. The molecule has 248 valence electrons. The average Bonchev–Trinajstić information content (AvgIpc) is 3.15. The molecule has 1 aliphatic heterocycles. The molecule has 1 atom stereocenters. The summed E-state index contributed by atoms with van der Waals surface area (Å²) in [5, 5.41) is 0.671. The lowest BCUT2D eigenvalue weighted by Crippen LogP contribution is -2.33. The molecule has 1 aliphatic rings. The minimum Gasteiger partial charge on any atom is -0.494 e. The highest BCUT2D eigenvalue weighted by atomic mass is 32.2. The highest BCUT2D eigenvalue weighted by Crippen LogP contribution is 2.29. The zero-order chi connectivity index (χ0) is 33.8. The summed E-state index contributed by atoms with van der Waals surface area (Å²) in [6.45, 7) is 17.4. The quantitative estimate of drug-likeness (QED) is 0.105. The molecule has 1 aromatic heterocycles. The Kier molecular flexibility index (Phi) is 18.6. The number of hydrogen-bond donors (Lipinski definition) is 0. The molecule has 0 fully saturated rings. The maximum Gasteiger partial charge on any atom is 0.303 e. The molecule has 0 saturated heterocycles. The summed E-state index contributed by atoms with van der Waals surface area (Å²) in [5.74, 6) is 1.91. The van der Waals surface area contributed by atoms with Crippen molar-refractivity contribution in [2.45, 2.75) is 85.4 Å². The number of anilines is 2. The van der Waals surface area contributed by atoms with Crippen molar-refractivity contribution in [1.29, 1.82) is 0 Å². The van der Waals surface area contributed by atoms with Crippen molar-refractivity contribution in [3.8, 4) is 5.75 Å². The van der Waals surface area contributed by atoms with Gasteiger partial charge in [0.15, 0.2) is 5.16 Å². The van der Waals surface area contributed by atoms with Gasteiger partial charge in [-0.2, -0.15) is 0 Å². The summed E-state index contributed by atoms with van der Waals surface area (Å²) in [4.78, 5) is 36.1. The maximum atomic E-state index is 13.2. The second kappa shape index (κ2) is 21.2. The van der Waals surface area contributed by atoms with Gasteiger partial charge in [0.1, 0.15) is 22.7 Å². The Morgan fingerprint density at radius 2 is 1.67 bits per heavy atom. The smallest absolute Gasteiger partial charge is 0.303 e. The van der Waals surface area contributed by atoms with Gasteiger partial charge in [-0.15, -0.1) is 0 Å². The van der Waals surface area contributed by atoms with E-state index in [9.17, 15) is 9.59 Å². The van der Waals surface area contributed by atoms with E-state index in [-0.39, 0.29) is 17.5 Å². The molecular formula is C36H54N4O4S. The third-order valence-electron chi connectivity index (χ3n) is 6.48. The molecule has 1 amide bonds. The molecule has 0 spiro atoms. The van der Waals surface area contributed by atoms with Gasteiger partial charge in [-0.3, -0.25) is 9.59 Å². The van der Waals surface area contributed by atoms with Crippen molar-refractivity contribution in [2.24, 2.45) is 5.92 Å². The van der Waals surface area contributed by atoms with Gasteiger partial charge < -0.3 is 19.3 Å². The Morgan fingerprint density at radius 3 is 2.18 bits per heavy atom. The first-order valence-corrected chi connectivity index (χ1v) is 17.0. The van der Waals surface area contributed by atoms with Crippen LogP contribution in [-0.2, 0) is 9.53 Å². The van der Waals surface area contributed by atoms with E-state index in [1.807, 2.05) is 113 Å². The fraction of sp³-hybridized carbons (Fsp3) is 0.500. The molecule has 45 heavy (non-hydrogen) atoms. The van der Waals surface area contributed by atoms with Crippen LogP contribution in [0.3, 0.4) is 0 Å². The number of ether oxygens (including phenoxy) is 2. The van der Waals surface area contributed by atoms with Crippen molar-refractivity contribution in [3.63, 3.8) is 0 Å². The molecule has 0 radical (unpaired) electrons. The van der Waals surface area contributed by atoms with E-state index in [1.165, 1.54) is 31.5 Å². The van der Waals surface area contributed by atoms with E-state index in [0.29, 0.717) is 36.2 Å². The molecule has 9 heteroatoms. The Hall–Kier alpha value is -3.59. The van der Waals surface area contributed by atoms with Crippen molar-refractivity contribution in [3.05, 3.63) is 72.4 Å². The third-order valence-corrected chi connectivity index (χ3v) is 7.04. The SMILES string of the molecule is CC.CC(=O)OC(C)(C)C.CCC(C)CCCOc1cccc(N2CCN(C)c3nc(SC)ncc3C2=O)c1.c1ccccc1. The van der Waals surface area contributed by atoms with Gasteiger partial charge in [-0.25, -0.2) is 9.97 Å². The summed E-state index contributed by atoms with van der Waals surface area (Å²) in [6.07, 6.45) is 6.98. The predicted octanol–water partition coefficient (Wildman–Crippen LogP) is 8.56. The fourth-order valence-corrected chi connectivity index (χ4v) is 4.47. The molecule has 0 bridgehead atoms. The van der Waals surface area contributed by atoms with Crippen LogP contribution in [0.25, 0.3) is 0 Å². The lowest BCUT2D eigenvalue weighted by molar-refractivity contribution is -0.151. The number of benzene rings is 2. The molecule has 3 aromatic rings. The second-order valence-electron chi connectivity index (χ2n) is 11.3. The molecule has 0 saturated carbocycles. The van der Waals surface area contributed by atoms with E-state index < -0.39 is 0 Å². The fourth-order valence-electron chi connectivity index (χ4n) is 4.13. The average molecular weight is 639 g/mol. The lowest BCUT2D eigenvalue weighted by Gasteiger charge is -2.21. The summed E-state index contributed by atoms with van der Waals surface area (Å²) in [5.41, 5.74) is 1.04. The minimum absolute atomic E-state index is 0.0778. The van der Waals surface area contributed by atoms with E-state index >= 15 is 0 Å². The van der Waals surface area contributed by atoms with Crippen LogP contribution in [0.4, 0.5) is 11.5 Å². The van der Waals surface area contributed by atoms with Crippen LogP contribution in [0.1, 0.15) is 85.0 Å². The van der Waals surface area contributed by atoms with E-state index in [0.717, 1.165) is 23.8 Å². The predicted molar refractivity (Wildman–Crippen MR) is 189 cm³/mol. The molecule has 1 unspecified atom stereocenters. The standard InChI is InChI=1S/C22H30N4O2S.C6H12O2.C6H6.C2H6/c1-5-16(2)8-7-13-28-18-10-6-9-17(14-18)26-12-11-25(3)20-19(21(26)27)15-23-22(24-20)29-4;1-5(7)8-6(2,3)4;1-2-4-6-5-3-1;1-2/h6,9-10,14-16H,5,7-8,11-13H2,1-4H3;1-4H3;1-6H;1-2H3. The van der Waals surface area contributed by atoms with Crippen LogP contribution in [-0.4, -0.2) is 60.4 Å². The first-order chi connectivity index (χ1) is 21.4. The molecule has 0 aliphatic carbocycles. The molecule has 2 heterocycles. The lowest BCUT2D eigenvalue weighted by atomic mass is 10.0. The highest BCUT2D eigenvalue weighted by molar-refractivity contribution is 7.98. The first-order valence-electron chi connectivity index (χ1n) is 15.8. The zero-order valence-electron chi connectivity index (χ0n) is 29.0. The van der Waals surface area contributed by atoms with Crippen molar-refractivity contribution >= 4 is 35.1 Å². The van der Waals surface area contributed by atoms with Crippen LogP contribution in [0.5, 0.6) is 5.75 Å². The molecule has 0 N–H and O–H groups in total. The molecule has 4 rings (SSSR count). The summed E-state index contributed by atoms with van der Waals surface area (Å²) < 4.78 is 10.7. The monoisotopic (exact) mass is 638 g/mol.